The molecule has 0 aromatic heterocycles. The molecule has 1 aliphatic carbocycles. The van der Waals surface area contributed by atoms with Crippen molar-refractivity contribution in [1.82, 2.24) is 0 Å². The van der Waals surface area contributed by atoms with Crippen LogP contribution in [0.5, 0.6) is 0 Å². The first-order valence-corrected chi connectivity index (χ1v) is 7.30. The predicted molar refractivity (Wildman–Crippen MR) is 68.5 cm³/mol. The van der Waals surface area contributed by atoms with Crippen molar-refractivity contribution in [3.8, 4) is 0 Å². The molecule has 0 aromatic carbocycles. The van der Waals surface area contributed by atoms with Gasteiger partial charge in [-0.1, -0.05) is 6.92 Å². The topological polar surface area (TPSA) is 76.0 Å². The summed E-state index contributed by atoms with van der Waals surface area (Å²) in [5, 5.41) is 21.5. The molecule has 5 nitrogen and oxygen atoms in total. The van der Waals surface area contributed by atoms with Crippen LogP contribution in [0.15, 0.2) is 11.1 Å². The van der Waals surface area contributed by atoms with Crippen molar-refractivity contribution in [3.63, 3.8) is 0 Å². The summed E-state index contributed by atoms with van der Waals surface area (Å²) in [6, 6.07) is 0. The Morgan fingerprint density at radius 2 is 2.05 bits per heavy atom. The van der Waals surface area contributed by atoms with Crippen molar-refractivity contribution in [2.24, 2.45) is 11.8 Å². The van der Waals surface area contributed by atoms with E-state index in [9.17, 15) is 15.0 Å². The van der Waals surface area contributed by atoms with E-state index in [4.69, 9.17) is 9.47 Å². The lowest BCUT2D eigenvalue weighted by molar-refractivity contribution is -0.348. The molecule has 20 heavy (non-hydrogen) atoms. The Morgan fingerprint density at radius 3 is 2.75 bits per heavy atom. The molecule has 3 aliphatic heterocycles. The Balaban J connectivity index is 1.96. The Hall–Kier alpha value is -0.910. The maximum absolute atomic E-state index is 11.9. The first kappa shape index (κ1) is 12.8. The third-order valence-corrected chi connectivity index (χ3v) is 6.15. The molecule has 4 rings (SSSR count). The Labute approximate surface area is 117 Å². The van der Waals surface area contributed by atoms with Gasteiger partial charge in [-0.3, -0.25) is 0 Å². The molecule has 2 saturated heterocycles. The summed E-state index contributed by atoms with van der Waals surface area (Å²) in [6.07, 6.45) is 1.10. The average molecular weight is 280 g/mol. The van der Waals surface area contributed by atoms with E-state index in [0.29, 0.717) is 12.0 Å². The summed E-state index contributed by atoms with van der Waals surface area (Å²) < 4.78 is 11.6. The van der Waals surface area contributed by atoms with Crippen LogP contribution in [0.1, 0.15) is 40.0 Å². The summed E-state index contributed by atoms with van der Waals surface area (Å²) in [4.78, 5) is 11.9. The molecule has 110 valence electrons. The highest BCUT2D eigenvalue weighted by atomic mass is 16.8. The quantitative estimate of drug-likeness (QED) is 0.644. The Kier molecular flexibility index (Phi) is 2.10. The van der Waals surface area contributed by atoms with Crippen LogP contribution in [0.3, 0.4) is 0 Å². The molecule has 1 saturated carbocycles. The van der Waals surface area contributed by atoms with Crippen LogP contribution in [0.25, 0.3) is 0 Å². The van der Waals surface area contributed by atoms with E-state index in [1.807, 2.05) is 0 Å². The largest absolute Gasteiger partial charge is 0.422 e. The average Bonchev–Trinajstić information content (AvgIpc) is 2.93. The zero-order valence-electron chi connectivity index (χ0n) is 12.0. The van der Waals surface area contributed by atoms with Gasteiger partial charge in [0.05, 0.1) is 5.60 Å². The highest BCUT2D eigenvalue weighted by molar-refractivity contribution is 5.92. The first-order valence-electron chi connectivity index (χ1n) is 7.30. The fraction of sp³-hybridized carbons (Fsp3) is 0.800. The van der Waals surface area contributed by atoms with Gasteiger partial charge in [-0.2, -0.15) is 0 Å². The fourth-order valence-corrected chi connectivity index (χ4v) is 4.95. The number of hydrogen-bond acceptors (Lipinski definition) is 5. The van der Waals surface area contributed by atoms with E-state index in [1.54, 1.807) is 13.8 Å². The van der Waals surface area contributed by atoms with E-state index >= 15 is 0 Å². The summed E-state index contributed by atoms with van der Waals surface area (Å²) >= 11 is 0. The number of aliphatic hydroxyl groups excluding tert-OH is 1. The smallest absolute Gasteiger partial charge is 0.336 e. The van der Waals surface area contributed by atoms with Crippen molar-refractivity contribution in [2.45, 2.75) is 63.1 Å². The number of carbonyl (C=O) groups excluding carboxylic acids is 1. The molecule has 3 heterocycles. The molecule has 0 amide bonds. The van der Waals surface area contributed by atoms with Gasteiger partial charge < -0.3 is 19.7 Å². The van der Waals surface area contributed by atoms with Crippen LogP contribution in [0, 0.1) is 11.8 Å². The lowest BCUT2D eigenvalue weighted by Gasteiger charge is -2.52. The maximum Gasteiger partial charge on any atom is 0.336 e. The molecule has 4 aliphatic rings. The summed E-state index contributed by atoms with van der Waals surface area (Å²) in [7, 11) is 0. The monoisotopic (exact) mass is 280 g/mol. The highest BCUT2D eigenvalue weighted by Crippen LogP contribution is 2.66. The predicted octanol–water partition coefficient (Wildman–Crippen LogP) is 0.887. The third kappa shape index (κ3) is 1.08. The number of carbonyl (C=O) groups is 1. The molecular weight excluding hydrogens is 260 g/mol. The normalized spacial score (nSPS) is 56.9. The molecule has 6 atom stereocenters. The van der Waals surface area contributed by atoms with Crippen LogP contribution in [0.2, 0.25) is 0 Å². The van der Waals surface area contributed by atoms with Crippen LogP contribution in [-0.4, -0.2) is 39.3 Å². The molecule has 2 N–H and O–H groups in total. The van der Waals surface area contributed by atoms with Crippen molar-refractivity contribution >= 4 is 5.97 Å². The molecule has 0 aromatic rings. The van der Waals surface area contributed by atoms with Crippen LogP contribution in [-0.2, 0) is 14.3 Å². The second-order valence-corrected chi connectivity index (χ2v) is 7.05. The van der Waals surface area contributed by atoms with Gasteiger partial charge in [0.2, 0.25) is 0 Å². The molecule has 0 unspecified atom stereocenters. The van der Waals surface area contributed by atoms with Crippen LogP contribution < -0.4 is 0 Å². The summed E-state index contributed by atoms with van der Waals surface area (Å²) in [6.45, 7) is 5.47. The Morgan fingerprint density at radius 1 is 1.35 bits per heavy atom. The highest BCUT2D eigenvalue weighted by Gasteiger charge is 2.77. The second kappa shape index (κ2) is 3.29. The van der Waals surface area contributed by atoms with E-state index in [0.717, 1.165) is 18.4 Å². The molecule has 2 spiro atoms. The summed E-state index contributed by atoms with van der Waals surface area (Å²) in [5.74, 6) is -1.77. The van der Waals surface area contributed by atoms with Crippen LogP contribution in [0.4, 0.5) is 0 Å². The Bertz CT molecular complexity index is 550. The lowest BCUT2D eigenvalue weighted by atomic mass is 9.71. The van der Waals surface area contributed by atoms with Gasteiger partial charge in [0, 0.05) is 23.5 Å². The number of rotatable bonds is 0. The van der Waals surface area contributed by atoms with Gasteiger partial charge in [-0.05, 0) is 32.6 Å². The van der Waals surface area contributed by atoms with Gasteiger partial charge in [0.25, 0.3) is 5.79 Å². The van der Waals surface area contributed by atoms with E-state index < -0.39 is 29.1 Å². The van der Waals surface area contributed by atoms with Crippen molar-refractivity contribution in [1.29, 1.82) is 0 Å². The minimum Gasteiger partial charge on any atom is -0.422 e. The van der Waals surface area contributed by atoms with Crippen molar-refractivity contribution < 1.29 is 24.5 Å². The van der Waals surface area contributed by atoms with Gasteiger partial charge in [0.15, 0.2) is 6.10 Å². The molecule has 0 radical (unpaired) electrons. The van der Waals surface area contributed by atoms with Gasteiger partial charge in [0.1, 0.15) is 5.60 Å². The number of aliphatic hydroxyl groups is 2. The second-order valence-electron chi connectivity index (χ2n) is 7.05. The molecule has 2 bridgehead atoms. The van der Waals surface area contributed by atoms with Crippen molar-refractivity contribution in [3.05, 3.63) is 11.1 Å². The number of hydrogen-bond donors (Lipinski definition) is 2. The van der Waals surface area contributed by atoms with Gasteiger partial charge in [-0.15, -0.1) is 0 Å². The van der Waals surface area contributed by atoms with E-state index in [1.165, 1.54) is 0 Å². The zero-order chi connectivity index (χ0) is 14.5. The van der Waals surface area contributed by atoms with E-state index in [-0.39, 0.29) is 11.8 Å². The summed E-state index contributed by atoms with van der Waals surface area (Å²) in [5.41, 5.74) is -0.571. The molecule has 5 heteroatoms. The standard InChI is InChI=1S/C15H20O5/c1-7-4-5-10-13(3,18)12(17)15-9(6-14(7,10)20-15)8(2)11(16)19-15/h7,10,12,17-18H,4-6H2,1-3H3/t7-,10+,12-,13-,14+,15+/m1/s1. The number of esters is 1. The minimum absolute atomic E-state index is 0.129. The maximum atomic E-state index is 11.9. The lowest BCUT2D eigenvalue weighted by Crippen LogP contribution is -2.68. The molecular formula is C15H20O5. The van der Waals surface area contributed by atoms with E-state index in [2.05, 4.69) is 6.92 Å². The molecule has 3 fully saturated rings. The third-order valence-electron chi connectivity index (χ3n) is 6.15. The van der Waals surface area contributed by atoms with Crippen LogP contribution >= 0.6 is 0 Å². The van der Waals surface area contributed by atoms with Gasteiger partial charge in [-0.25, -0.2) is 4.79 Å². The first-order chi connectivity index (χ1) is 9.26. The zero-order valence-corrected chi connectivity index (χ0v) is 12.0. The minimum atomic E-state index is -1.46. The van der Waals surface area contributed by atoms with Gasteiger partial charge >= 0.3 is 5.97 Å². The van der Waals surface area contributed by atoms with Crippen molar-refractivity contribution in [2.75, 3.05) is 0 Å². The fourth-order valence-electron chi connectivity index (χ4n) is 4.95. The number of ether oxygens (including phenoxy) is 2. The SMILES string of the molecule is CC1=C2C[C@@]34O[C@]2(OC1=O)[C@H](O)[C@](C)(O)[C@@H]3CC[C@H]4C.